The second-order valence-corrected chi connectivity index (χ2v) is 7.54. The molecule has 0 bridgehead atoms. The van der Waals surface area contributed by atoms with Gasteiger partial charge in [-0.15, -0.1) is 0 Å². The first-order valence-corrected chi connectivity index (χ1v) is 9.52. The fraction of sp³-hybridized carbons (Fsp3) is 0.333. The number of methoxy groups -OCH3 is 1. The van der Waals surface area contributed by atoms with Crippen molar-refractivity contribution >= 4 is 22.6 Å². The van der Waals surface area contributed by atoms with Crippen LogP contribution < -0.4 is 20.1 Å². The Bertz CT molecular complexity index is 1040. The van der Waals surface area contributed by atoms with E-state index in [4.69, 9.17) is 9.47 Å². The van der Waals surface area contributed by atoms with Crippen LogP contribution in [-0.2, 0) is 0 Å². The highest BCUT2D eigenvalue weighted by molar-refractivity contribution is 6.01. The number of nitrogens with zero attached hydrogens (tertiary/aromatic N) is 1. The predicted octanol–water partition coefficient (Wildman–Crippen LogP) is 4.14. The summed E-state index contributed by atoms with van der Waals surface area (Å²) in [6.07, 6.45) is 5.72. The maximum Gasteiger partial charge on any atom is 0.319 e. The van der Waals surface area contributed by atoms with E-state index in [1.807, 2.05) is 30.3 Å². The molecule has 1 unspecified atom stereocenters. The van der Waals surface area contributed by atoms with E-state index in [0.717, 1.165) is 41.5 Å². The number of hydrogen-bond acceptors (Lipinski definition) is 4. The Kier molecular flexibility index (Phi) is 3.89. The highest BCUT2D eigenvalue weighted by Crippen LogP contribution is 2.48. The molecule has 2 amide bonds. The van der Waals surface area contributed by atoms with Gasteiger partial charge in [-0.1, -0.05) is 18.2 Å². The topological polar surface area (TPSA) is 88.3 Å². The Hall–Kier alpha value is -3.22. The first kappa shape index (κ1) is 16.9. The lowest BCUT2D eigenvalue weighted by Crippen LogP contribution is -2.50. The van der Waals surface area contributed by atoms with Crippen molar-refractivity contribution in [3.05, 3.63) is 48.2 Å². The van der Waals surface area contributed by atoms with Gasteiger partial charge in [-0.2, -0.15) is 5.10 Å². The molecule has 7 nitrogen and oxygen atoms in total. The van der Waals surface area contributed by atoms with Crippen LogP contribution in [0.5, 0.6) is 11.5 Å². The van der Waals surface area contributed by atoms with Gasteiger partial charge in [-0.25, -0.2) is 4.79 Å². The number of aromatic nitrogens is 2. The van der Waals surface area contributed by atoms with Crippen molar-refractivity contribution in [1.82, 2.24) is 15.5 Å². The monoisotopic (exact) mass is 378 g/mol. The van der Waals surface area contributed by atoms with E-state index in [2.05, 4.69) is 20.8 Å². The Labute approximate surface area is 162 Å². The highest BCUT2D eigenvalue weighted by Gasteiger charge is 2.45. The van der Waals surface area contributed by atoms with E-state index >= 15 is 0 Å². The minimum atomic E-state index is -0.257. The van der Waals surface area contributed by atoms with Crippen LogP contribution >= 0.6 is 0 Å². The molecule has 1 aliphatic carbocycles. The van der Waals surface area contributed by atoms with Gasteiger partial charge in [0, 0.05) is 29.5 Å². The van der Waals surface area contributed by atoms with Gasteiger partial charge in [-0.3, -0.25) is 5.10 Å². The Morgan fingerprint density at radius 1 is 1.32 bits per heavy atom. The number of rotatable bonds is 3. The van der Waals surface area contributed by atoms with Crippen LogP contribution in [0.3, 0.4) is 0 Å². The van der Waals surface area contributed by atoms with E-state index in [9.17, 15) is 4.79 Å². The van der Waals surface area contributed by atoms with Crippen LogP contribution in [-0.4, -0.2) is 28.9 Å². The lowest BCUT2D eigenvalue weighted by molar-refractivity contribution is -0.0354. The van der Waals surface area contributed by atoms with E-state index in [1.54, 1.807) is 19.4 Å². The second-order valence-electron chi connectivity index (χ2n) is 7.54. The number of benzene rings is 2. The molecule has 0 saturated heterocycles. The molecule has 28 heavy (non-hydrogen) atoms. The summed E-state index contributed by atoms with van der Waals surface area (Å²) in [7, 11) is 1.60. The first-order chi connectivity index (χ1) is 13.7. The van der Waals surface area contributed by atoms with E-state index in [1.165, 1.54) is 6.42 Å². The SMILES string of the molecule is COc1cc(NC(=O)NC2CC3(CCC3)Oc3ccccc32)c2cn[nH]c2c1. The van der Waals surface area contributed by atoms with Crippen molar-refractivity contribution in [3.8, 4) is 11.5 Å². The molecule has 2 aromatic carbocycles. The van der Waals surface area contributed by atoms with Crippen molar-refractivity contribution < 1.29 is 14.3 Å². The number of anilines is 1. The second kappa shape index (κ2) is 6.44. The van der Waals surface area contributed by atoms with Crippen LogP contribution in [0.1, 0.15) is 37.3 Å². The van der Waals surface area contributed by atoms with Crippen molar-refractivity contribution in [2.45, 2.75) is 37.3 Å². The standard InChI is InChI=1S/C21H22N4O3/c1-27-13-9-16(15-12-22-25-17(15)10-13)23-20(26)24-18-11-21(7-4-8-21)28-19-6-3-2-5-14(18)19/h2-3,5-6,9-10,12,18H,4,7-8,11H2,1H3,(H,22,25)(H2,23,24,26). The van der Waals surface area contributed by atoms with E-state index in [-0.39, 0.29) is 17.7 Å². The zero-order valence-electron chi connectivity index (χ0n) is 15.6. The van der Waals surface area contributed by atoms with Gasteiger partial charge in [0.25, 0.3) is 0 Å². The van der Waals surface area contributed by atoms with Crippen LogP contribution in [0.4, 0.5) is 10.5 Å². The molecule has 0 radical (unpaired) electrons. The molecule has 2 heterocycles. The lowest BCUT2D eigenvalue weighted by atomic mass is 9.73. The summed E-state index contributed by atoms with van der Waals surface area (Å²) in [5, 5.41) is 13.9. The minimum absolute atomic E-state index is 0.0873. The molecule has 1 atom stereocenters. The molecule has 5 rings (SSSR count). The van der Waals surface area contributed by atoms with E-state index < -0.39 is 0 Å². The molecule has 1 spiro atoms. The Morgan fingerprint density at radius 2 is 2.18 bits per heavy atom. The number of ether oxygens (including phenoxy) is 2. The summed E-state index contributed by atoms with van der Waals surface area (Å²) in [4.78, 5) is 12.8. The number of urea groups is 1. The molecule has 144 valence electrons. The number of aromatic amines is 1. The van der Waals surface area contributed by atoms with Gasteiger partial charge >= 0.3 is 6.03 Å². The van der Waals surface area contributed by atoms with Crippen molar-refractivity contribution in [2.75, 3.05) is 12.4 Å². The molecule has 1 aromatic heterocycles. The Morgan fingerprint density at radius 3 is 2.96 bits per heavy atom. The minimum Gasteiger partial charge on any atom is -0.497 e. The van der Waals surface area contributed by atoms with Gasteiger partial charge < -0.3 is 20.1 Å². The van der Waals surface area contributed by atoms with Gasteiger partial charge in [0.2, 0.25) is 0 Å². The number of para-hydroxylation sites is 1. The molecule has 7 heteroatoms. The van der Waals surface area contributed by atoms with Gasteiger partial charge in [0.15, 0.2) is 0 Å². The smallest absolute Gasteiger partial charge is 0.319 e. The van der Waals surface area contributed by atoms with Crippen LogP contribution in [0.15, 0.2) is 42.6 Å². The molecular formula is C21H22N4O3. The Balaban J connectivity index is 1.39. The number of amides is 2. The molecule has 1 fully saturated rings. The zero-order valence-corrected chi connectivity index (χ0v) is 15.6. The quantitative estimate of drug-likeness (QED) is 0.639. The third-order valence-corrected chi connectivity index (χ3v) is 5.78. The summed E-state index contributed by atoms with van der Waals surface area (Å²) in [6, 6.07) is 11.2. The largest absolute Gasteiger partial charge is 0.497 e. The molecule has 1 aliphatic heterocycles. The molecule has 1 saturated carbocycles. The predicted molar refractivity (Wildman–Crippen MR) is 106 cm³/mol. The highest BCUT2D eigenvalue weighted by atomic mass is 16.5. The van der Waals surface area contributed by atoms with Crippen molar-refractivity contribution in [2.24, 2.45) is 0 Å². The number of fused-ring (bicyclic) bond motifs is 2. The fourth-order valence-electron chi connectivity index (χ4n) is 4.19. The molecular weight excluding hydrogens is 356 g/mol. The summed E-state index contributed by atoms with van der Waals surface area (Å²) < 4.78 is 11.6. The lowest BCUT2D eigenvalue weighted by Gasteiger charge is -2.48. The number of carbonyl (C=O) groups is 1. The van der Waals surface area contributed by atoms with Crippen LogP contribution in [0, 0.1) is 0 Å². The summed E-state index contributed by atoms with van der Waals surface area (Å²) >= 11 is 0. The number of nitrogens with one attached hydrogen (secondary N) is 3. The fourth-order valence-corrected chi connectivity index (χ4v) is 4.19. The first-order valence-electron chi connectivity index (χ1n) is 9.52. The van der Waals surface area contributed by atoms with E-state index in [0.29, 0.717) is 11.4 Å². The zero-order chi connectivity index (χ0) is 19.1. The molecule has 2 aliphatic rings. The van der Waals surface area contributed by atoms with Gasteiger partial charge in [0.1, 0.15) is 17.1 Å². The molecule has 3 aromatic rings. The third-order valence-electron chi connectivity index (χ3n) is 5.78. The normalized spacial score (nSPS) is 19.4. The third kappa shape index (κ3) is 2.83. The van der Waals surface area contributed by atoms with Crippen LogP contribution in [0.2, 0.25) is 0 Å². The van der Waals surface area contributed by atoms with Crippen LogP contribution in [0.25, 0.3) is 10.9 Å². The number of carbonyl (C=O) groups excluding carboxylic acids is 1. The average molecular weight is 378 g/mol. The summed E-state index contributed by atoms with van der Waals surface area (Å²) in [5.41, 5.74) is 2.34. The maximum absolute atomic E-state index is 12.8. The molecule has 3 N–H and O–H groups in total. The average Bonchev–Trinajstić information content (AvgIpc) is 3.15. The maximum atomic E-state index is 12.8. The van der Waals surface area contributed by atoms with Crippen molar-refractivity contribution in [3.63, 3.8) is 0 Å². The number of hydrogen-bond donors (Lipinski definition) is 3. The summed E-state index contributed by atoms with van der Waals surface area (Å²) in [6.45, 7) is 0. The summed E-state index contributed by atoms with van der Waals surface area (Å²) in [5.74, 6) is 1.52. The van der Waals surface area contributed by atoms with Gasteiger partial charge in [-0.05, 0) is 25.3 Å². The van der Waals surface area contributed by atoms with Gasteiger partial charge in [0.05, 0.1) is 30.6 Å². The number of H-pyrrole nitrogens is 1. The van der Waals surface area contributed by atoms with Crippen molar-refractivity contribution in [1.29, 1.82) is 0 Å².